The fourth-order valence-corrected chi connectivity index (χ4v) is 1.94. The Kier molecular flexibility index (Phi) is 1.48. The SMILES string of the molecule is [2H]c1c([2H])c(C([2H])([2H])[2H])c([2H])c([2H])c1-c1nc2c([2H])c([2H])c(C)c([2H])n2c1C([2H])C(=O)N(C)C([2H])([2H])[2H]. The molecular formula is C19H21N3O. The predicted molar refractivity (Wildman–Crippen MR) is 92.5 cm³/mol. The van der Waals surface area contributed by atoms with Crippen LogP contribution in [-0.4, -0.2) is 34.2 Å². The van der Waals surface area contributed by atoms with Crippen molar-refractivity contribution in [2.75, 3.05) is 14.0 Å². The van der Waals surface area contributed by atoms with E-state index >= 15 is 0 Å². The molecule has 0 spiro atoms. The van der Waals surface area contributed by atoms with Gasteiger partial charge in [0.1, 0.15) is 5.65 Å². The van der Waals surface area contributed by atoms with Crippen molar-refractivity contribution < 1.29 is 24.0 Å². The summed E-state index contributed by atoms with van der Waals surface area (Å²) < 4.78 is 113. The molecule has 0 N–H and O–H groups in total. The van der Waals surface area contributed by atoms with Crippen LogP contribution >= 0.6 is 0 Å². The maximum Gasteiger partial charge on any atom is 0.228 e. The number of pyridine rings is 1. The zero-order valence-corrected chi connectivity index (χ0v) is 12.3. The molecule has 0 fully saturated rings. The highest BCUT2D eigenvalue weighted by Crippen LogP contribution is 2.26. The molecule has 0 saturated heterocycles. The molecule has 4 nitrogen and oxygen atoms in total. The van der Waals surface area contributed by atoms with Crippen molar-refractivity contribution >= 4 is 11.6 Å². The van der Waals surface area contributed by atoms with E-state index < -0.39 is 96.7 Å². The van der Waals surface area contributed by atoms with E-state index in [4.69, 9.17) is 19.2 Å². The first-order valence-corrected chi connectivity index (χ1v) is 6.54. The number of likely N-dealkylation sites (N-methyl/N-ethyl adjacent to an activating group) is 1. The van der Waals surface area contributed by atoms with E-state index in [1.807, 2.05) is 0 Å². The van der Waals surface area contributed by atoms with Gasteiger partial charge in [-0.1, -0.05) is 35.8 Å². The van der Waals surface area contributed by atoms with Crippen LogP contribution in [0.3, 0.4) is 0 Å². The third kappa shape index (κ3) is 2.97. The van der Waals surface area contributed by atoms with Crippen LogP contribution in [0, 0.1) is 13.8 Å². The topological polar surface area (TPSA) is 37.6 Å². The molecule has 1 atom stereocenters. The van der Waals surface area contributed by atoms with Crippen molar-refractivity contribution in [3.8, 4) is 11.3 Å². The molecular weight excluding hydrogens is 286 g/mol. The van der Waals surface area contributed by atoms with Crippen LogP contribution in [0.2, 0.25) is 0 Å². The number of carbonyl (C=O) groups excluding carboxylic acids is 1. The monoisotopic (exact) mass is 321 g/mol. The molecule has 0 aliphatic heterocycles. The highest BCUT2D eigenvalue weighted by Gasteiger charge is 2.18. The first-order valence-electron chi connectivity index (χ1n) is 13.6. The Morgan fingerprint density at radius 1 is 1.30 bits per heavy atom. The van der Waals surface area contributed by atoms with Gasteiger partial charge in [0.25, 0.3) is 0 Å². The third-order valence-corrected chi connectivity index (χ3v) is 3.01. The minimum absolute atomic E-state index is 0.0381. The molecule has 3 aromatic rings. The normalized spacial score (nSPS) is 22.2. The molecule has 23 heavy (non-hydrogen) atoms. The number of nitrogens with zero attached hydrogens (tertiary/aromatic N) is 3. The maximum atomic E-state index is 13.0. The van der Waals surface area contributed by atoms with Gasteiger partial charge in [0, 0.05) is 35.4 Å². The average Bonchev–Trinajstić information content (AvgIpc) is 3.17. The van der Waals surface area contributed by atoms with Crippen molar-refractivity contribution in [2.45, 2.75) is 20.2 Å². The van der Waals surface area contributed by atoms with Crippen LogP contribution in [0.1, 0.15) is 36.0 Å². The second-order valence-electron chi connectivity index (χ2n) is 4.78. The first kappa shape index (κ1) is 5.78. The van der Waals surface area contributed by atoms with Gasteiger partial charge >= 0.3 is 0 Å². The summed E-state index contributed by atoms with van der Waals surface area (Å²) >= 11 is 0. The van der Waals surface area contributed by atoms with Crippen molar-refractivity contribution in [3.63, 3.8) is 0 Å². The van der Waals surface area contributed by atoms with Gasteiger partial charge in [-0.25, -0.2) is 4.98 Å². The second kappa shape index (κ2) is 5.88. The summed E-state index contributed by atoms with van der Waals surface area (Å²) in [4.78, 5) is 17.4. The van der Waals surface area contributed by atoms with E-state index in [-0.39, 0.29) is 5.56 Å². The van der Waals surface area contributed by atoms with Crippen LogP contribution < -0.4 is 0 Å². The largest absolute Gasteiger partial charge is 0.348 e. The summed E-state index contributed by atoms with van der Waals surface area (Å²) in [6, 6.07) is -4.48. The number of hydrogen-bond donors (Lipinski definition) is 0. The number of hydrogen-bond acceptors (Lipinski definition) is 2. The lowest BCUT2D eigenvalue weighted by Gasteiger charge is -2.11. The fourth-order valence-electron chi connectivity index (χ4n) is 1.94. The molecule has 0 aliphatic rings. The van der Waals surface area contributed by atoms with Crippen LogP contribution in [0.25, 0.3) is 16.9 Å². The molecule has 1 aromatic carbocycles. The lowest BCUT2D eigenvalue weighted by Crippen LogP contribution is -2.24. The smallest absolute Gasteiger partial charge is 0.228 e. The Balaban J connectivity index is 2.54. The highest BCUT2D eigenvalue weighted by molar-refractivity contribution is 5.81. The maximum absolute atomic E-state index is 13.0. The summed E-state index contributed by atoms with van der Waals surface area (Å²) in [5, 5.41) is 0. The summed E-state index contributed by atoms with van der Waals surface area (Å²) in [6.45, 7) is -4.62. The number of benzene rings is 1. The van der Waals surface area contributed by atoms with E-state index in [9.17, 15) is 4.79 Å². The molecule has 2 heterocycles. The van der Waals surface area contributed by atoms with E-state index in [0.29, 0.717) is 4.90 Å². The quantitative estimate of drug-likeness (QED) is 0.742. The third-order valence-electron chi connectivity index (χ3n) is 3.01. The van der Waals surface area contributed by atoms with Gasteiger partial charge in [0.2, 0.25) is 5.91 Å². The van der Waals surface area contributed by atoms with Crippen LogP contribution in [-0.2, 0) is 11.2 Å². The number of amides is 1. The van der Waals surface area contributed by atoms with Crippen molar-refractivity contribution in [3.05, 3.63) is 59.2 Å². The number of rotatable bonds is 3. The second-order valence-corrected chi connectivity index (χ2v) is 4.78. The van der Waals surface area contributed by atoms with Gasteiger partial charge in [0.05, 0.1) is 27.4 Å². The Labute approximate surface area is 156 Å². The first-order chi connectivity index (χ1) is 16.7. The molecule has 0 saturated carbocycles. The number of carbonyl (C=O) groups is 1. The Hall–Kier alpha value is -2.62. The molecule has 118 valence electrons. The van der Waals surface area contributed by atoms with Gasteiger partial charge in [0.15, 0.2) is 0 Å². The molecule has 3 rings (SSSR count). The minimum atomic E-state index is -3.00. The standard InChI is InChI=1S/C19H21N3O/c1-13-5-8-15(9-6-13)19-16(11-18(23)21(3)4)22-12-14(2)7-10-17(22)20-19/h5-10,12H,11H2,1-4H3/i1D3,3D3,5D,6D,7D,8D,9D,10D,11D,12D. The summed E-state index contributed by atoms with van der Waals surface area (Å²) in [7, 11) is 0.922. The van der Waals surface area contributed by atoms with Crippen LogP contribution in [0.15, 0.2) is 42.4 Å². The molecule has 0 bridgehead atoms. The Bertz CT molecular complexity index is 1410. The summed E-state index contributed by atoms with van der Waals surface area (Å²) in [5.41, 5.74) is -2.99. The molecule has 2 aromatic heterocycles. The molecule has 4 heteroatoms. The van der Waals surface area contributed by atoms with E-state index in [0.717, 1.165) is 11.4 Å². The minimum Gasteiger partial charge on any atom is -0.348 e. The zero-order valence-electron chi connectivity index (χ0n) is 26.3. The number of imidazole rings is 1. The number of fused-ring (bicyclic) bond motifs is 1. The molecule has 0 radical (unpaired) electrons. The predicted octanol–water partition coefficient (Wildman–Crippen LogP) is 3.25. The van der Waals surface area contributed by atoms with Gasteiger partial charge in [-0.05, 0) is 25.4 Å². The molecule has 1 amide bonds. The van der Waals surface area contributed by atoms with Gasteiger partial charge in [-0.15, -0.1) is 0 Å². The zero-order chi connectivity index (χ0) is 28.5. The van der Waals surface area contributed by atoms with Crippen LogP contribution in [0.4, 0.5) is 0 Å². The van der Waals surface area contributed by atoms with Crippen molar-refractivity contribution in [1.29, 1.82) is 0 Å². The lowest BCUT2D eigenvalue weighted by molar-refractivity contribution is -0.128. The summed E-state index contributed by atoms with van der Waals surface area (Å²) in [5.74, 6) is -1.28. The van der Waals surface area contributed by atoms with Gasteiger partial charge in [-0.3, -0.25) is 4.79 Å². The van der Waals surface area contributed by atoms with E-state index in [1.54, 1.807) is 0 Å². The Morgan fingerprint density at radius 3 is 2.74 bits per heavy atom. The van der Waals surface area contributed by atoms with E-state index in [2.05, 4.69) is 4.98 Å². The number of aromatic nitrogens is 2. The average molecular weight is 321 g/mol. The summed E-state index contributed by atoms with van der Waals surface area (Å²) in [6.07, 6.45) is -2.60. The highest BCUT2D eigenvalue weighted by atomic mass is 16.2. The van der Waals surface area contributed by atoms with Crippen LogP contribution in [0.5, 0.6) is 0 Å². The van der Waals surface area contributed by atoms with Crippen molar-refractivity contribution in [1.82, 2.24) is 14.3 Å². The van der Waals surface area contributed by atoms with Gasteiger partial charge in [-0.2, -0.15) is 0 Å². The van der Waals surface area contributed by atoms with Gasteiger partial charge < -0.3 is 9.30 Å². The van der Waals surface area contributed by atoms with E-state index in [1.165, 1.54) is 6.92 Å². The molecule has 1 unspecified atom stereocenters. The lowest BCUT2D eigenvalue weighted by atomic mass is 10.1. The molecule has 0 aliphatic carbocycles. The van der Waals surface area contributed by atoms with Crippen molar-refractivity contribution in [2.24, 2.45) is 0 Å². The Morgan fingerprint density at radius 2 is 2.04 bits per heavy atom. The fraction of sp³-hybridized carbons (Fsp3) is 0.263.